The number of thioether (sulfide) groups is 1. The average Bonchev–Trinajstić information content (AvgIpc) is 2.75. The zero-order valence-electron chi connectivity index (χ0n) is 11.9. The third-order valence-electron chi connectivity index (χ3n) is 4.51. The Morgan fingerprint density at radius 1 is 0.842 bits per heavy atom. The molecule has 3 rings (SSSR count). The van der Waals surface area contributed by atoms with Crippen LogP contribution in [0.5, 0.6) is 0 Å². The smallest absolute Gasteiger partial charge is 0.0761 e. The van der Waals surface area contributed by atoms with Gasteiger partial charge in [0.15, 0.2) is 0 Å². The summed E-state index contributed by atoms with van der Waals surface area (Å²) in [5, 5.41) is 5.35. The van der Waals surface area contributed by atoms with Gasteiger partial charge in [0.05, 0.1) is 19.4 Å². The molecule has 4 nitrogen and oxygen atoms in total. The number of morpholine rings is 1. The predicted molar refractivity (Wildman–Crippen MR) is 80.3 cm³/mol. The number of hydrogen-bond acceptors (Lipinski definition) is 5. The van der Waals surface area contributed by atoms with Crippen molar-refractivity contribution in [2.24, 2.45) is 0 Å². The highest BCUT2D eigenvalue weighted by Crippen LogP contribution is 2.24. The van der Waals surface area contributed by atoms with Gasteiger partial charge < -0.3 is 4.74 Å². The highest BCUT2D eigenvalue weighted by Gasteiger charge is 2.31. The Labute approximate surface area is 121 Å². The van der Waals surface area contributed by atoms with Crippen LogP contribution in [-0.2, 0) is 4.74 Å². The van der Waals surface area contributed by atoms with Gasteiger partial charge in [-0.15, -0.1) is 0 Å². The molecule has 3 saturated heterocycles. The summed E-state index contributed by atoms with van der Waals surface area (Å²) in [7, 11) is 0. The van der Waals surface area contributed by atoms with Crippen LogP contribution in [0.1, 0.15) is 25.7 Å². The second-order valence-corrected chi connectivity index (χ2v) is 6.93. The van der Waals surface area contributed by atoms with Crippen molar-refractivity contribution >= 4 is 11.8 Å². The average molecular weight is 285 g/mol. The lowest BCUT2D eigenvalue weighted by molar-refractivity contribution is -0.126. The van der Waals surface area contributed by atoms with Crippen molar-refractivity contribution in [3.8, 4) is 0 Å². The van der Waals surface area contributed by atoms with Gasteiger partial charge in [0.25, 0.3) is 0 Å². The van der Waals surface area contributed by atoms with Crippen molar-refractivity contribution in [3.63, 3.8) is 0 Å². The lowest BCUT2D eigenvalue weighted by atomic mass is 10.2. The first-order valence-corrected chi connectivity index (χ1v) is 9.02. The van der Waals surface area contributed by atoms with Crippen LogP contribution in [0.25, 0.3) is 0 Å². The maximum absolute atomic E-state index is 5.53. The molecule has 3 heterocycles. The summed E-state index contributed by atoms with van der Waals surface area (Å²) >= 11 is 2.10. The van der Waals surface area contributed by atoms with Crippen LogP contribution < -0.4 is 0 Å². The van der Waals surface area contributed by atoms with Crippen LogP contribution >= 0.6 is 11.8 Å². The molecule has 0 N–H and O–H groups in total. The van der Waals surface area contributed by atoms with Crippen LogP contribution in [0.15, 0.2) is 0 Å². The molecule has 0 aromatic rings. The summed E-state index contributed by atoms with van der Waals surface area (Å²) in [5.74, 6) is 2.60. The van der Waals surface area contributed by atoms with Gasteiger partial charge >= 0.3 is 0 Å². The number of nitrogens with zero attached hydrogens (tertiary/aromatic N) is 3. The fraction of sp³-hybridized carbons (Fsp3) is 1.00. The monoisotopic (exact) mass is 285 g/mol. The van der Waals surface area contributed by atoms with Crippen LogP contribution in [0.4, 0.5) is 0 Å². The molecule has 1 unspecified atom stereocenters. The van der Waals surface area contributed by atoms with Crippen molar-refractivity contribution in [1.82, 2.24) is 14.9 Å². The Kier molecular flexibility index (Phi) is 5.41. The van der Waals surface area contributed by atoms with Gasteiger partial charge in [0, 0.05) is 44.2 Å². The highest BCUT2D eigenvalue weighted by atomic mass is 32.2. The Morgan fingerprint density at radius 3 is 2.42 bits per heavy atom. The van der Waals surface area contributed by atoms with Crippen LogP contribution in [0.3, 0.4) is 0 Å². The molecule has 19 heavy (non-hydrogen) atoms. The van der Waals surface area contributed by atoms with Crippen molar-refractivity contribution in [2.75, 3.05) is 57.4 Å². The fourth-order valence-electron chi connectivity index (χ4n) is 3.46. The van der Waals surface area contributed by atoms with E-state index in [1.807, 2.05) is 0 Å². The van der Waals surface area contributed by atoms with E-state index in [4.69, 9.17) is 4.74 Å². The Morgan fingerprint density at radius 2 is 1.63 bits per heavy atom. The third-order valence-corrected chi connectivity index (χ3v) is 5.45. The number of hydrazine groups is 1. The minimum Gasteiger partial charge on any atom is -0.379 e. The first kappa shape index (κ1) is 14.1. The summed E-state index contributed by atoms with van der Waals surface area (Å²) in [5.41, 5.74) is 0. The van der Waals surface area contributed by atoms with E-state index < -0.39 is 0 Å². The lowest BCUT2D eigenvalue weighted by Crippen LogP contribution is -2.59. The molecule has 0 aromatic heterocycles. The molecule has 0 aliphatic carbocycles. The second kappa shape index (κ2) is 7.27. The Bertz CT molecular complexity index is 241. The van der Waals surface area contributed by atoms with Gasteiger partial charge in [-0.25, -0.2) is 10.0 Å². The maximum Gasteiger partial charge on any atom is 0.0761 e. The summed E-state index contributed by atoms with van der Waals surface area (Å²) in [6.07, 6.45) is 6.13. The summed E-state index contributed by atoms with van der Waals surface area (Å²) in [6.45, 7) is 7.80. The second-order valence-electron chi connectivity index (χ2n) is 5.71. The first-order chi connectivity index (χ1) is 9.45. The van der Waals surface area contributed by atoms with E-state index in [-0.39, 0.29) is 0 Å². The van der Waals surface area contributed by atoms with Crippen LogP contribution in [-0.4, -0.2) is 78.5 Å². The summed E-state index contributed by atoms with van der Waals surface area (Å²) < 4.78 is 5.53. The lowest BCUT2D eigenvalue weighted by Gasteiger charge is -2.46. The first-order valence-electron chi connectivity index (χ1n) is 7.86. The van der Waals surface area contributed by atoms with Gasteiger partial charge in [-0.3, -0.25) is 4.90 Å². The normalized spacial score (nSPS) is 33.2. The molecular formula is C14H27N3OS. The van der Waals surface area contributed by atoms with Gasteiger partial charge in [-0.05, 0) is 12.8 Å². The van der Waals surface area contributed by atoms with E-state index in [2.05, 4.69) is 26.7 Å². The predicted octanol–water partition coefficient (Wildman–Crippen LogP) is 1.48. The zero-order valence-corrected chi connectivity index (χ0v) is 12.7. The third kappa shape index (κ3) is 3.64. The SMILES string of the molecule is C1CCC(N2CCOCC2)N(N2CCSCC2)CC1. The summed E-state index contributed by atoms with van der Waals surface area (Å²) in [4.78, 5) is 2.66. The topological polar surface area (TPSA) is 19.0 Å². The quantitative estimate of drug-likeness (QED) is 0.763. The minimum absolute atomic E-state index is 0.634. The van der Waals surface area contributed by atoms with Crippen molar-refractivity contribution in [2.45, 2.75) is 31.8 Å². The van der Waals surface area contributed by atoms with E-state index in [0.29, 0.717) is 6.17 Å². The van der Waals surface area contributed by atoms with Gasteiger partial charge in [0.2, 0.25) is 0 Å². The van der Waals surface area contributed by atoms with Crippen LogP contribution in [0.2, 0.25) is 0 Å². The molecule has 0 radical (unpaired) electrons. The van der Waals surface area contributed by atoms with Gasteiger partial charge in [-0.2, -0.15) is 11.8 Å². The van der Waals surface area contributed by atoms with E-state index in [1.54, 1.807) is 0 Å². The van der Waals surface area contributed by atoms with Crippen LogP contribution in [0, 0.1) is 0 Å². The molecule has 3 fully saturated rings. The van der Waals surface area contributed by atoms with Gasteiger partial charge in [0.1, 0.15) is 0 Å². The molecule has 0 saturated carbocycles. The van der Waals surface area contributed by atoms with E-state index in [1.165, 1.54) is 56.8 Å². The standard InChI is InChI=1S/C14H27N3OS/c1-2-4-14(15-6-10-18-11-7-15)17(5-3-1)16-8-12-19-13-9-16/h14H,1-13H2. The molecule has 5 heteroatoms. The van der Waals surface area contributed by atoms with E-state index >= 15 is 0 Å². The van der Waals surface area contributed by atoms with Crippen molar-refractivity contribution in [1.29, 1.82) is 0 Å². The Hall–Kier alpha value is 0.190. The molecule has 3 aliphatic heterocycles. The molecule has 0 amide bonds. The highest BCUT2D eigenvalue weighted by molar-refractivity contribution is 7.99. The fourth-order valence-corrected chi connectivity index (χ4v) is 4.35. The molecular weight excluding hydrogens is 258 g/mol. The van der Waals surface area contributed by atoms with E-state index in [9.17, 15) is 0 Å². The van der Waals surface area contributed by atoms with Crippen molar-refractivity contribution < 1.29 is 4.74 Å². The number of ether oxygens (including phenoxy) is 1. The maximum atomic E-state index is 5.53. The Balaban J connectivity index is 1.68. The molecule has 110 valence electrons. The molecule has 0 aromatic carbocycles. The zero-order chi connectivity index (χ0) is 12.9. The minimum atomic E-state index is 0.634. The molecule has 1 atom stereocenters. The van der Waals surface area contributed by atoms with Gasteiger partial charge in [-0.1, -0.05) is 12.8 Å². The molecule has 0 spiro atoms. The number of rotatable bonds is 2. The van der Waals surface area contributed by atoms with Crippen molar-refractivity contribution in [3.05, 3.63) is 0 Å². The summed E-state index contributed by atoms with van der Waals surface area (Å²) in [6, 6.07) is 0. The number of hydrogen-bond donors (Lipinski definition) is 0. The van der Waals surface area contributed by atoms with E-state index in [0.717, 1.165) is 26.3 Å². The molecule has 0 bridgehead atoms. The largest absolute Gasteiger partial charge is 0.379 e. The molecule has 3 aliphatic rings.